The summed E-state index contributed by atoms with van der Waals surface area (Å²) in [6, 6.07) is 0. The van der Waals surface area contributed by atoms with Gasteiger partial charge in [0, 0.05) is 11.9 Å². The molecular formula is C8H11N3S. The van der Waals surface area contributed by atoms with E-state index in [1.807, 2.05) is 6.20 Å². The van der Waals surface area contributed by atoms with Crippen molar-refractivity contribution >= 4 is 12.2 Å². The third-order valence-corrected chi connectivity index (χ3v) is 2.60. The molecule has 1 aromatic heterocycles. The Bertz CT molecular complexity index is 344. The van der Waals surface area contributed by atoms with E-state index in [2.05, 4.69) is 9.97 Å². The van der Waals surface area contributed by atoms with Crippen molar-refractivity contribution in [1.29, 1.82) is 0 Å². The molecule has 0 saturated heterocycles. The van der Waals surface area contributed by atoms with Gasteiger partial charge in [-0.1, -0.05) is 0 Å². The molecule has 2 rings (SSSR count). The van der Waals surface area contributed by atoms with Crippen molar-refractivity contribution in [3.8, 4) is 0 Å². The van der Waals surface area contributed by atoms with Crippen LogP contribution in [0.2, 0.25) is 0 Å². The van der Waals surface area contributed by atoms with E-state index in [1.54, 1.807) is 0 Å². The Hall–Kier alpha value is -0.740. The molecule has 3 nitrogen and oxygen atoms in total. The van der Waals surface area contributed by atoms with E-state index in [1.165, 1.54) is 11.3 Å². The van der Waals surface area contributed by atoms with Gasteiger partial charge in [-0.15, -0.1) is 0 Å². The lowest BCUT2D eigenvalue weighted by Gasteiger charge is -2.05. The van der Waals surface area contributed by atoms with Crippen molar-refractivity contribution in [2.75, 3.05) is 6.54 Å². The Morgan fingerprint density at radius 2 is 2.58 bits per heavy atom. The van der Waals surface area contributed by atoms with Crippen LogP contribution >= 0.6 is 12.2 Å². The van der Waals surface area contributed by atoms with Crippen molar-refractivity contribution in [3.63, 3.8) is 0 Å². The summed E-state index contributed by atoms with van der Waals surface area (Å²) in [5.41, 5.74) is 8.10. The molecule has 0 bridgehead atoms. The number of H-pyrrole nitrogens is 1. The van der Waals surface area contributed by atoms with Crippen LogP contribution < -0.4 is 5.73 Å². The van der Waals surface area contributed by atoms with Gasteiger partial charge >= 0.3 is 0 Å². The molecule has 0 radical (unpaired) electrons. The highest BCUT2D eigenvalue weighted by Crippen LogP contribution is 2.29. The SMILES string of the molecule is NCC1CCc2[nH]c(=S)ncc21. The lowest BCUT2D eigenvalue weighted by molar-refractivity contribution is 0.686. The number of nitrogens with two attached hydrogens (primary N) is 1. The van der Waals surface area contributed by atoms with Gasteiger partial charge in [0.05, 0.1) is 0 Å². The summed E-state index contributed by atoms with van der Waals surface area (Å²) >= 11 is 4.93. The molecule has 1 heterocycles. The maximum atomic E-state index is 5.62. The highest BCUT2D eigenvalue weighted by molar-refractivity contribution is 7.71. The largest absolute Gasteiger partial charge is 0.334 e. The van der Waals surface area contributed by atoms with Crippen LogP contribution in [-0.2, 0) is 6.42 Å². The molecule has 0 amide bonds. The molecule has 0 saturated carbocycles. The lowest BCUT2D eigenvalue weighted by Crippen LogP contribution is -2.09. The minimum atomic E-state index is 0.486. The van der Waals surface area contributed by atoms with Crippen LogP contribution in [0.15, 0.2) is 6.20 Å². The van der Waals surface area contributed by atoms with Crippen LogP contribution in [0.4, 0.5) is 0 Å². The van der Waals surface area contributed by atoms with Crippen molar-refractivity contribution in [2.24, 2.45) is 5.73 Å². The van der Waals surface area contributed by atoms with Gasteiger partial charge in [0.15, 0.2) is 4.77 Å². The molecule has 64 valence electrons. The molecule has 3 N–H and O–H groups in total. The van der Waals surface area contributed by atoms with Crippen LogP contribution in [0.5, 0.6) is 0 Å². The van der Waals surface area contributed by atoms with E-state index in [4.69, 9.17) is 18.0 Å². The Balaban J connectivity index is 2.47. The normalized spacial score (nSPS) is 20.9. The second-order valence-electron chi connectivity index (χ2n) is 3.09. The van der Waals surface area contributed by atoms with E-state index in [9.17, 15) is 0 Å². The molecule has 0 aliphatic heterocycles. The first-order chi connectivity index (χ1) is 5.81. The Kier molecular flexibility index (Phi) is 1.94. The van der Waals surface area contributed by atoms with Gasteiger partial charge in [0.1, 0.15) is 0 Å². The zero-order chi connectivity index (χ0) is 8.55. The lowest BCUT2D eigenvalue weighted by atomic mass is 10.1. The van der Waals surface area contributed by atoms with Crippen molar-refractivity contribution < 1.29 is 0 Å². The van der Waals surface area contributed by atoms with Crippen molar-refractivity contribution in [1.82, 2.24) is 9.97 Å². The summed E-state index contributed by atoms with van der Waals surface area (Å²) in [4.78, 5) is 7.15. The average molecular weight is 181 g/mol. The van der Waals surface area contributed by atoms with Gasteiger partial charge in [-0.05, 0) is 43.1 Å². The quantitative estimate of drug-likeness (QED) is 0.638. The summed E-state index contributed by atoms with van der Waals surface area (Å²) in [6.07, 6.45) is 4.05. The molecule has 1 atom stereocenters. The number of fused-ring (bicyclic) bond motifs is 1. The number of nitrogens with one attached hydrogen (secondary N) is 1. The first-order valence-electron chi connectivity index (χ1n) is 4.09. The summed E-state index contributed by atoms with van der Waals surface area (Å²) in [7, 11) is 0. The molecule has 1 aliphatic carbocycles. The standard InChI is InChI=1S/C8H11N3S/c9-3-5-1-2-7-6(5)4-10-8(12)11-7/h4-5H,1-3,9H2,(H,10,11,12). The zero-order valence-corrected chi connectivity index (χ0v) is 7.53. The van der Waals surface area contributed by atoms with Gasteiger partial charge in [0.25, 0.3) is 0 Å². The smallest absolute Gasteiger partial charge is 0.196 e. The summed E-state index contributed by atoms with van der Waals surface area (Å²) in [5.74, 6) is 0.486. The molecule has 4 heteroatoms. The van der Waals surface area contributed by atoms with Gasteiger partial charge in [-0.2, -0.15) is 0 Å². The highest BCUT2D eigenvalue weighted by atomic mass is 32.1. The third-order valence-electron chi connectivity index (χ3n) is 2.39. The maximum absolute atomic E-state index is 5.62. The third kappa shape index (κ3) is 1.17. The molecule has 0 fully saturated rings. The number of aromatic amines is 1. The number of hydrogen-bond donors (Lipinski definition) is 2. The number of nitrogens with zero attached hydrogens (tertiary/aromatic N) is 1. The van der Waals surface area contributed by atoms with E-state index in [-0.39, 0.29) is 0 Å². The summed E-state index contributed by atoms with van der Waals surface area (Å²) in [6.45, 7) is 0.708. The maximum Gasteiger partial charge on any atom is 0.196 e. The number of aromatic nitrogens is 2. The number of rotatable bonds is 1. The van der Waals surface area contributed by atoms with Gasteiger partial charge in [-0.3, -0.25) is 0 Å². The highest BCUT2D eigenvalue weighted by Gasteiger charge is 2.21. The molecule has 0 spiro atoms. The molecular weight excluding hydrogens is 170 g/mol. The first kappa shape index (κ1) is 7.89. The van der Waals surface area contributed by atoms with Crippen LogP contribution in [0.3, 0.4) is 0 Å². The molecule has 1 aliphatic rings. The molecule has 12 heavy (non-hydrogen) atoms. The van der Waals surface area contributed by atoms with Gasteiger partial charge in [0.2, 0.25) is 0 Å². The predicted octanol–water partition coefficient (Wildman–Crippen LogP) is 1.13. The van der Waals surface area contributed by atoms with Crippen molar-refractivity contribution in [3.05, 3.63) is 22.2 Å². The summed E-state index contributed by atoms with van der Waals surface area (Å²) in [5, 5.41) is 0. The fourth-order valence-corrected chi connectivity index (χ4v) is 1.89. The predicted molar refractivity (Wildman–Crippen MR) is 49.5 cm³/mol. The second-order valence-corrected chi connectivity index (χ2v) is 3.48. The molecule has 1 unspecified atom stereocenters. The van der Waals surface area contributed by atoms with Gasteiger partial charge < -0.3 is 10.7 Å². The zero-order valence-electron chi connectivity index (χ0n) is 6.71. The Morgan fingerprint density at radius 3 is 3.33 bits per heavy atom. The first-order valence-corrected chi connectivity index (χ1v) is 4.50. The van der Waals surface area contributed by atoms with Crippen LogP contribution in [0, 0.1) is 4.77 Å². The van der Waals surface area contributed by atoms with E-state index < -0.39 is 0 Å². The van der Waals surface area contributed by atoms with E-state index in [0.717, 1.165) is 12.8 Å². The van der Waals surface area contributed by atoms with E-state index in [0.29, 0.717) is 17.2 Å². The van der Waals surface area contributed by atoms with Crippen molar-refractivity contribution in [2.45, 2.75) is 18.8 Å². The molecule has 0 aromatic carbocycles. The number of aryl methyl sites for hydroxylation is 1. The number of hydrogen-bond acceptors (Lipinski definition) is 3. The van der Waals surface area contributed by atoms with Crippen LogP contribution in [0.1, 0.15) is 23.6 Å². The Morgan fingerprint density at radius 1 is 1.75 bits per heavy atom. The van der Waals surface area contributed by atoms with E-state index >= 15 is 0 Å². The fourth-order valence-electron chi connectivity index (χ4n) is 1.72. The minimum Gasteiger partial charge on any atom is -0.334 e. The fraction of sp³-hybridized carbons (Fsp3) is 0.500. The molecule has 1 aromatic rings. The van der Waals surface area contributed by atoms with Gasteiger partial charge in [-0.25, -0.2) is 4.98 Å². The second kappa shape index (κ2) is 2.95. The van der Waals surface area contributed by atoms with Crippen LogP contribution in [0.25, 0.3) is 0 Å². The van der Waals surface area contributed by atoms with Crippen LogP contribution in [-0.4, -0.2) is 16.5 Å². The minimum absolute atomic E-state index is 0.486. The Labute approximate surface area is 76.0 Å². The summed E-state index contributed by atoms with van der Waals surface area (Å²) < 4.78 is 0.575. The average Bonchev–Trinajstić information content (AvgIpc) is 2.46. The monoisotopic (exact) mass is 181 g/mol. The topological polar surface area (TPSA) is 54.7 Å².